The zero-order chi connectivity index (χ0) is 18.9. The molecule has 0 N–H and O–H groups in total. The number of aromatic nitrogens is 2. The first-order valence-corrected chi connectivity index (χ1v) is 8.20. The molecule has 4 nitrogen and oxygen atoms in total. The summed E-state index contributed by atoms with van der Waals surface area (Å²) in [4.78, 5) is 8.29. The van der Waals surface area contributed by atoms with Gasteiger partial charge in [0.05, 0.1) is 22.4 Å². The summed E-state index contributed by atoms with van der Waals surface area (Å²) < 4.78 is 25.5. The summed E-state index contributed by atoms with van der Waals surface area (Å²) >= 11 is 0. The second-order valence-electron chi connectivity index (χ2n) is 6.50. The number of aryl methyl sites for hydroxylation is 1. The van der Waals surface area contributed by atoms with Gasteiger partial charge in [-0.3, -0.25) is 4.57 Å². The molecule has 4 heteroatoms. The van der Waals surface area contributed by atoms with Crippen molar-refractivity contribution in [2.45, 2.75) is 26.4 Å². The van der Waals surface area contributed by atoms with Gasteiger partial charge in [-0.15, -0.1) is 0 Å². The molecule has 2 aliphatic rings. The predicted molar refractivity (Wildman–Crippen MR) is 97.5 cm³/mol. The highest BCUT2D eigenvalue weighted by molar-refractivity contribution is 5.82. The molecule has 0 unspecified atom stereocenters. The average molecular weight is 319 g/mol. The van der Waals surface area contributed by atoms with Gasteiger partial charge in [0.25, 0.3) is 0 Å². The van der Waals surface area contributed by atoms with E-state index in [2.05, 4.69) is 34.6 Å². The Labute approximate surface area is 145 Å². The number of hydrogen-bond donors (Lipinski definition) is 0. The lowest BCUT2D eigenvalue weighted by Crippen LogP contribution is -2.34. The molecular weight excluding hydrogens is 296 g/mol. The smallest absolute Gasteiger partial charge is 0.119 e. The van der Waals surface area contributed by atoms with Crippen LogP contribution in [0.4, 0.5) is 5.69 Å². The Balaban J connectivity index is 1.65. The van der Waals surface area contributed by atoms with Gasteiger partial charge in [0.15, 0.2) is 0 Å². The molecule has 3 aromatic rings. The van der Waals surface area contributed by atoms with E-state index in [9.17, 15) is 0 Å². The highest BCUT2D eigenvalue weighted by Gasteiger charge is 2.30. The first-order chi connectivity index (χ1) is 12.9. The fourth-order valence-electron chi connectivity index (χ4n) is 3.90. The Kier molecular flexibility index (Phi) is 2.11. The van der Waals surface area contributed by atoms with E-state index in [-0.39, 0.29) is 6.17 Å². The maximum Gasteiger partial charge on any atom is 0.119 e. The third-order valence-corrected chi connectivity index (χ3v) is 5.12. The molecule has 1 aromatic heterocycles. The second-order valence-corrected chi connectivity index (χ2v) is 6.50. The van der Waals surface area contributed by atoms with Crippen LogP contribution >= 0.6 is 0 Å². The Morgan fingerprint density at radius 3 is 2.88 bits per heavy atom. The van der Waals surface area contributed by atoms with Gasteiger partial charge in [-0.25, -0.2) is 4.98 Å². The van der Waals surface area contributed by atoms with Crippen molar-refractivity contribution in [1.29, 1.82) is 0 Å². The highest BCUT2D eigenvalue weighted by Crippen LogP contribution is 2.41. The number of rotatable bonds is 1. The average Bonchev–Trinajstić information content (AvgIpc) is 3.25. The molecule has 0 saturated carbocycles. The number of hydrogen-bond acceptors (Lipinski definition) is 3. The third kappa shape index (κ3) is 1.65. The summed E-state index contributed by atoms with van der Waals surface area (Å²) in [7, 11) is 0. The summed E-state index contributed by atoms with van der Waals surface area (Å²) in [5.41, 5.74) is 6.66. The van der Waals surface area contributed by atoms with Crippen molar-refractivity contribution in [3.8, 4) is 5.69 Å². The summed E-state index contributed by atoms with van der Waals surface area (Å²) in [6.07, 6.45) is 4.01. The minimum atomic E-state index is -2.15. The molecule has 0 spiro atoms. The summed E-state index contributed by atoms with van der Waals surface area (Å²) in [5, 5.41) is 0. The number of fused-ring (bicyclic) bond motifs is 5. The maximum atomic E-state index is 7.76. The van der Waals surface area contributed by atoms with Gasteiger partial charge >= 0.3 is 0 Å². The molecule has 1 atom stereocenters. The molecule has 3 heterocycles. The molecule has 0 bridgehead atoms. The first-order valence-electron chi connectivity index (χ1n) is 9.70. The van der Waals surface area contributed by atoms with Crippen molar-refractivity contribution in [2.24, 2.45) is 0 Å². The molecule has 0 fully saturated rings. The van der Waals surface area contributed by atoms with Crippen LogP contribution in [-0.4, -0.2) is 27.6 Å². The van der Waals surface area contributed by atoms with Crippen LogP contribution in [0.3, 0.4) is 0 Å². The molecule has 2 aliphatic heterocycles. The van der Waals surface area contributed by atoms with Crippen molar-refractivity contribution >= 4 is 16.7 Å². The Morgan fingerprint density at radius 1 is 1.17 bits per heavy atom. The van der Waals surface area contributed by atoms with Crippen LogP contribution in [0.15, 0.2) is 48.8 Å². The van der Waals surface area contributed by atoms with Crippen molar-refractivity contribution < 1.29 is 4.11 Å². The van der Waals surface area contributed by atoms with Gasteiger partial charge < -0.3 is 9.80 Å². The van der Waals surface area contributed by atoms with Gasteiger partial charge in [0.1, 0.15) is 12.0 Å². The van der Waals surface area contributed by atoms with Crippen molar-refractivity contribution in [3.63, 3.8) is 0 Å². The SMILES string of the molecule is [2H]C([2H])([2H])N1C=CN(c2c(C)ccc3c2Cc2nc4ccccc4n2-3)[C@H]1C. The Morgan fingerprint density at radius 2 is 2.04 bits per heavy atom. The molecule has 120 valence electrons. The Hall–Kier alpha value is -2.75. The van der Waals surface area contributed by atoms with E-state index in [1.807, 2.05) is 31.3 Å². The van der Waals surface area contributed by atoms with E-state index in [0.717, 1.165) is 40.2 Å². The maximum absolute atomic E-state index is 7.76. The second kappa shape index (κ2) is 4.63. The van der Waals surface area contributed by atoms with E-state index in [1.165, 1.54) is 10.5 Å². The van der Waals surface area contributed by atoms with Gasteiger partial charge in [-0.05, 0) is 37.6 Å². The van der Waals surface area contributed by atoms with Gasteiger partial charge in [0, 0.05) is 35.5 Å². The van der Waals surface area contributed by atoms with Crippen LogP contribution in [-0.2, 0) is 6.42 Å². The fraction of sp³-hybridized carbons (Fsp3) is 0.250. The standard InChI is InChI=1S/C20H20N4/c1-13-8-9-17-15(20(13)23-11-10-22(3)14(23)2)12-19-21-16-6-4-5-7-18(16)24(17)19/h4-11,14H,12H2,1-3H3/t14-/m0/s1/i3D3. The molecular formula is C20H20N4. The molecule has 0 amide bonds. The van der Waals surface area contributed by atoms with Gasteiger partial charge in [-0.1, -0.05) is 18.2 Å². The molecule has 2 aromatic carbocycles. The quantitative estimate of drug-likeness (QED) is 0.533. The minimum absolute atomic E-state index is 0.271. The minimum Gasteiger partial charge on any atom is -0.359 e. The monoisotopic (exact) mass is 319 g/mol. The van der Waals surface area contributed by atoms with Crippen LogP contribution < -0.4 is 4.90 Å². The molecule has 24 heavy (non-hydrogen) atoms. The first kappa shape index (κ1) is 10.9. The lowest BCUT2D eigenvalue weighted by atomic mass is 10.0. The van der Waals surface area contributed by atoms with E-state index >= 15 is 0 Å². The van der Waals surface area contributed by atoms with Crippen molar-refractivity contribution in [3.05, 3.63) is 65.7 Å². The van der Waals surface area contributed by atoms with E-state index in [1.54, 1.807) is 6.20 Å². The Bertz CT molecular complexity index is 1100. The lowest BCUT2D eigenvalue weighted by molar-refractivity contribution is 0.382. The summed E-state index contributed by atoms with van der Waals surface area (Å²) in [5.74, 6) is 1.03. The highest BCUT2D eigenvalue weighted by atomic mass is 15.4. The van der Waals surface area contributed by atoms with Crippen molar-refractivity contribution in [2.75, 3.05) is 11.9 Å². The zero-order valence-electron chi connectivity index (χ0n) is 16.7. The summed E-state index contributed by atoms with van der Waals surface area (Å²) in [6.45, 7) is 1.85. The number of benzene rings is 2. The summed E-state index contributed by atoms with van der Waals surface area (Å²) in [6, 6.07) is 12.4. The van der Waals surface area contributed by atoms with Gasteiger partial charge in [0.2, 0.25) is 0 Å². The van der Waals surface area contributed by atoms with Crippen LogP contribution in [0.2, 0.25) is 0 Å². The normalized spacial score (nSPS) is 20.9. The molecule has 0 radical (unpaired) electrons. The van der Waals surface area contributed by atoms with E-state index < -0.39 is 6.98 Å². The van der Waals surface area contributed by atoms with Crippen LogP contribution in [0.25, 0.3) is 16.7 Å². The largest absolute Gasteiger partial charge is 0.359 e. The zero-order valence-corrected chi connectivity index (χ0v) is 13.7. The number of para-hydroxylation sites is 2. The predicted octanol–water partition coefficient (Wildman–Crippen LogP) is 3.81. The molecule has 0 saturated heterocycles. The number of nitrogens with zero attached hydrogens (tertiary/aromatic N) is 4. The van der Waals surface area contributed by atoms with E-state index in [4.69, 9.17) is 9.10 Å². The molecule has 0 aliphatic carbocycles. The van der Waals surface area contributed by atoms with E-state index in [0.29, 0.717) is 0 Å². The van der Waals surface area contributed by atoms with Crippen LogP contribution in [0.1, 0.15) is 28.0 Å². The topological polar surface area (TPSA) is 24.3 Å². The van der Waals surface area contributed by atoms with Crippen LogP contribution in [0.5, 0.6) is 0 Å². The number of anilines is 1. The van der Waals surface area contributed by atoms with Gasteiger partial charge in [-0.2, -0.15) is 0 Å². The van der Waals surface area contributed by atoms with Crippen LogP contribution in [0, 0.1) is 6.92 Å². The lowest BCUT2D eigenvalue weighted by Gasteiger charge is -2.30. The fourth-order valence-corrected chi connectivity index (χ4v) is 3.90. The third-order valence-electron chi connectivity index (χ3n) is 5.12. The number of imidazole rings is 1. The van der Waals surface area contributed by atoms with Crippen molar-refractivity contribution in [1.82, 2.24) is 14.5 Å². The molecule has 5 rings (SSSR count).